The molecule has 3 aromatic rings. The number of hydrogen-bond donors (Lipinski definition) is 1. The molecule has 0 spiro atoms. The molecule has 6 nitrogen and oxygen atoms in total. The molecule has 1 N–H and O–H groups in total. The van der Waals surface area contributed by atoms with Crippen molar-refractivity contribution in [3.05, 3.63) is 95.1 Å². The van der Waals surface area contributed by atoms with Crippen LogP contribution in [0.25, 0.3) is 0 Å². The number of piperidine rings is 1. The summed E-state index contributed by atoms with van der Waals surface area (Å²) in [5.74, 6) is 0.271. The van der Waals surface area contributed by atoms with Crippen molar-refractivity contribution in [1.29, 1.82) is 0 Å². The Morgan fingerprint density at radius 2 is 1.53 bits per heavy atom. The van der Waals surface area contributed by atoms with E-state index in [9.17, 15) is 27.0 Å². The molecule has 1 saturated heterocycles. The van der Waals surface area contributed by atoms with Crippen LogP contribution in [0, 0.1) is 0 Å². The van der Waals surface area contributed by atoms with Crippen LogP contribution < -0.4 is 10.2 Å². The molecule has 1 heterocycles. The number of benzene rings is 3. The summed E-state index contributed by atoms with van der Waals surface area (Å²) in [4.78, 5) is 31.0. The number of hydrogen-bond acceptors (Lipinski definition) is 4. The van der Waals surface area contributed by atoms with E-state index in [4.69, 9.17) is 0 Å². The molecular weight excluding hydrogens is 575 g/mol. The Morgan fingerprint density at radius 1 is 0.907 bits per heavy atom. The highest BCUT2D eigenvalue weighted by molar-refractivity contribution is 7.85. The fourth-order valence-electron chi connectivity index (χ4n) is 5.49. The quantitative estimate of drug-likeness (QED) is 0.288. The van der Waals surface area contributed by atoms with Gasteiger partial charge in [-0.15, -0.1) is 0 Å². The van der Waals surface area contributed by atoms with E-state index in [2.05, 4.69) is 5.32 Å². The van der Waals surface area contributed by atoms with Gasteiger partial charge in [-0.05, 0) is 86.3 Å². The molecule has 10 heteroatoms. The van der Waals surface area contributed by atoms with Crippen LogP contribution >= 0.6 is 0 Å². The zero-order valence-electron chi connectivity index (χ0n) is 24.7. The molecule has 2 unspecified atom stereocenters. The molecular formula is C33H38F3N3O3S. The van der Waals surface area contributed by atoms with E-state index >= 15 is 0 Å². The van der Waals surface area contributed by atoms with Crippen molar-refractivity contribution in [3.8, 4) is 0 Å². The fraction of sp³-hybridized carbons (Fsp3) is 0.394. The van der Waals surface area contributed by atoms with Crippen LogP contribution in [0.4, 0.5) is 18.9 Å². The Bertz CT molecular complexity index is 1410. The van der Waals surface area contributed by atoms with Crippen molar-refractivity contribution in [2.75, 3.05) is 30.3 Å². The summed E-state index contributed by atoms with van der Waals surface area (Å²) in [6, 6.07) is 19.3. The molecule has 0 saturated carbocycles. The molecule has 1 aliphatic heterocycles. The first-order valence-electron chi connectivity index (χ1n) is 14.6. The smallest absolute Gasteiger partial charge is 0.359 e. The van der Waals surface area contributed by atoms with Crippen molar-refractivity contribution in [1.82, 2.24) is 10.2 Å². The van der Waals surface area contributed by atoms with Crippen LogP contribution in [-0.2, 0) is 28.3 Å². The molecule has 230 valence electrons. The predicted octanol–water partition coefficient (Wildman–Crippen LogP) is 6.38. The summed E-state index contributed by atoms with van der Waals surface area (Å²) in [6.45, 7) is 7.69. The van der Waals surface area contributed by atoms with Gasteiger partial charge in [-0.3, -0.25) is 13.8 Å². The van der Waals surface area contributed by atoms with Gasteiger partial charge in [-0.25, -0.2) is 0 Å². The normalized spacial score (nSPS) is 17.8. The largest absolute Gasteiger partial charge is 0.416 e. The third-order valence-corrected chi connectivity index (χ3v) is 9.34. The number of carbonyl (C=O) groups excluding carboxylic acids is 2. The van der Waals surface area contributed by atoms with E-state index in [1.54, 1.807) is 17.0 Å². The van der Waals surface area contributed by atoms with E-state index in [1.165, 1.54) is 12.1 Å². The van der Waals surface area contributed by atoms with Crippen LogP contribution in [-0.4, -0.2) is 52.4 Å². The van der Waals surface area contributed by atoms with E-state index < -0.39 is 28.6 Å². The number of carbonyl (C=O) groups is 2. The number of halogens is 3. The first-order valence-corrected chi connectivity index (χ1v) is 16.0. The highest BCUT2D eigenvalue weighted by Gasteiger charge is 2.36. The van der Waals surface area contributed by atoms with Crippen molar-refractivity contribution < 1.29 is 27.0 Å². The molecule has 1 aliphatic rings. The Morgan fingerprint density at radius 3 is 2.09 bits per heavy atom. The molecule has 0 radical (unpaired) electrons. The molecule has 0 aliphatic carbocycles. The number of nitrogens with one attached hydrogen (secondary N) is 1. The second-order valence-corrected chi connectivity index (χ2v) is 12.3. The van der Waals surface area contributed by atoms with E-state index in [0.29, 0.717) is 50.3 Å². The van der Waals surface area contributed by atoms with Crippen molar-refractivity contribution in [3.63, 3.8) is 0 Å². The Hall–Kier alpha value is -3.66. The molecule has 1 fully saturated rings. The average molecular weight is 614 g/mol. The monoisotopic (exact) mass is 613 g/mol. The molecule has 4 rings (SSSR count). The molecule has 0 bridgehead atoms. The number of likely N-dealkylation sites (N-methyl/N-ethyl adjacent to an activating group) is 1. The van der Waals surface area contributed by atoms with Gasteiger partial charge >= 0.3 is 6.18 Å². The van der Waals surface area contributed by atoms with Gasteiger partial charge in [0.25, 0.3) is 5.91 Å². The van der Waals surface area contributed by atoms with E-state index in [0.717, 1.165) is 33.8 Å². The number of amides is 2. The maximum atomic E-state index is 13.5. The SMILES string of the molecule is CCN(CC)C(=O)[C@@H]1CCC(c2ccc(C(F)(F)F)cc2)CN1c1ccc(C(=O)NCc2ccc(S(=O)CC)cc2)cc1. The van der Waals surface area contributed by atoms with Crippen molar-refractivity contribution in [2.24, 2.45) is 0 Å². The number of alkyl halides is 3. The highest BCUT2D eigenvalue weighted by atomic mass is 32.2. The standard InChI is InChI=1S/C33H38F3N3O3S/c1-4-38(5-2)32(41)30-20-13-26(24-9-14-27(15-10-24)33(34,35)36)22-39(30)28-16-11-25(12-17-28)31(40)37-21-23-7-18-29(19-8-23)43(42)6-3/h7-12,14-19,26,30H,4-6,13,20-22H2,1-3H3,(H,37,40)/t26?,30-,43?/m0/s1. The lowest BCUT2D eigenvalue weighted by molar-refractivity contribution is -0.137. The molecule has 3 aromatic carbocycles. The molecule has 43 heavy (non-hydrogen) atoms. The van der Waals surface area contributed by atoms with Gasteiger partial charge < -0.3 is 15.1 Å². The Kier molecular flexibility index (Phi) is 10.7. The zero-order valence-corrected chi connectivity index (χ0v) is 25.5. The summed E-state index contributed by atoms with van der Waals surface area (Å²) in [5.41, 5.74) is 2.25. The lowest BCUT2D eigenvalue weighted by Gasteiger charge is -2.42. The molecule has 2 amide bonds. The van der Waals surface area contributed by atoms with Gasteiger partial charge in [-0.1, -0.05) is 31.2 Å². The minimum absolute atomic E-state index is 0.0199. The van der Waals surface area contributed by atoms with Gasteiger partial charge in [0.2, 0.25) is 5.91 Å². The lowest BCUT2D eigenvalue weighted by Crippen LogP contribution is -2.52. The second-order valence-electron chi connectivity index (χ2n) is 10.6. The maximum Gasteiger partial charge on any atom is 0.416 e. The topological polar surface area (TPSA) is 69.7 Å². The van der Waals surface area contributed by atoms with Crippen LogP contribution in [0.1, 0.15) is 66.6 Å². The fourth-order valence-corrected chi connectivity index (χ4v) is 6.26. The summed E-state index contributed by atoms with van der Waals surface area (Å²) in [7, 11) is -1.03. The summed E-state index contributed by atoms with van der Waals surface area (Å²) < 4.78 is 51.3. The van der Waals surface area contributed by atoms with Gasteiger partial charge in [0.15, 0.2) is 0 Å². The minimum Gasteiger partial charge on any atom is -0.359 e. The van der Waals surface area contributed by atoms with Crippen LogP contribution in [0.2, 0.25) is 0 Å². The first kappa shape index (κ1) is 32.3. The third-order valence-electron chi connectivity index (χ3n) is 8.01. The van der Waals surface area contributed by atoms with Gasteiger partial charge in [0.1, 0.15) is 6.04 Å². The highest BCUT2D eigenvalue weighted by Crippen LogP contribution is 2.36. The number of nitrogens with zero attached hydrogens (tertiary/aromatic N) is 2. The summed E-state index contributed by atoms with van der Waals surface area (Å²) in [6.07, 6.45) is -3.16. The van der Waals surface area contributed by atoms with Gasteiger partial charge in [0.05, 0.1) is 16.4 Å². The predicted molar refractivity (Wildman–Crippen MR) is 163 cm³/mol. The van der Waals surface area contributed by atoms with E-state index in [1.807, 2.05) is 62.1 Å². The Balaban J connectivity index is 1.50. The zero-order chi connectivity index (χ0) is 31.1. The minimum atomic E-state index is -4.40. The number of anilines is 1. The van der Waals surface area contributed by atoms with Crippen LogP contribution in [0.3, 0.4) is 0 Å². The van der Waals surface area contributed by atoms with Crippen LogP contribution in [0.15, 0.2) is 77.7 Å². The summed E-state index contributed by atoms with van der Waals surface area (Å²) in [5, 5.41) is 2.91. The lowest BCUT2D eigenvalue weighted by atomic mass is 9.86. The average Bonchev–Trinajstić information content (AvgIpc) is 3.03. The molecule has 3 atom stereocenters. The maximum absolute atomic E-state index is 13.5. The third kappa shape index (κ3) is 7.84. The Labute approximate surface area is 253 Å². The van der Waals surface area contributed by atoms with Gasteiger partial charge in [-0.2, -0.15) is 13.2 Å². The first-order chi connectivity index (χ1) is 20.5. The van der Waals surface area contributed by atoms with E-state index in [-0.39, 0.29) is 17.7 Å². The second kappa shape index (κ2) is 14.2. The van der Waals surface area contributed by atoms with Crippen molar-refractivity contribution >= 4 is 28.3 Å². The number of rotatable bonds is 10. The van der Waals surface area contributed by atoms with Crippen molar-refractivity contribution in [2.45, 2.75) is 63.2 Å². The van der Waals surface area contributed by atoms with Gasteiger partial charge in [0, 0.05) is 54.0 Å². The molecule has 0 aromatic heterocycles. The van der Waals surface area contributed by atoms with Crippen LogP contribution in [0.5, 0.6) is 0 Å². The summed E-state index contributed by atoms with van der Waals surface area (Å²) >= 11 is 0.